The second-order valence-corrected chi connectivity index (χ2v) is 9.00. The summed E-state index contributed by atoms with van der Waals surface area (Å²) in [5, 5.41) is 10.3. The van der Waals surface area contributed by atoms with Crippen LogP contribution in [0.25, 0.3) is 0 Å². The lowest BCUT2D eigenvalue weighted by molar-refractivity contribution is -0.151. The number of Topliss-reactive ketones (excluding diaryl/α,β-unsaturated/α-hetero) is 1. The number of carboxylic acids is 1. The molecule has 0 heterocycles. The topological polar surface area (TPSA) is 72.8 Å². The Morgan fingerprint density at radius 2 is 1.88 bits per heavy atom. The largest absolute Gasteiger partial charge is 0.493 e. The van der Waals surface area contributed by atoms with Gasteiger partial charge in [0.2, 0.25) is 0 Å². The SMILES string of the molecule is COc1ccc(C(=O)CC2(C(=O)O)CCC(C)CC2)cc1OCCc1cc(Cl)ccc1F. The lowest BCUT2D eigenvalue weighted by Crippen LogP contribution is -2.37. The average molecular weight is 463 g/mol. The molecule has 32 heavy (non-hydrogen) atoms. The zero-order chi connectivity index (χ0) is 23.3. The molecule has 0 aliphatic heterocycles. The van der Waals surface area contributed by atoms with Crippen LogP contribution in [0.4, 0.5) is 4.39 Å². The van der Waals surface area contributed by atoms with Crippen LogP contribution in [0, 0.1) is 17.2 Å². The van der Waals surface area contributed by atoms with Gasteiger partial charge in [0.25, 0.3) is 0 Å². The molecule has 1 fully saturated rings. The molecule has 0 aromatic heterocycles. The Bertz CT molecular complexity index is 982. The molecule has 0 amide bonds. The van der Waals surface area contributed by atoms with Crippen LogP contribution in [-0.4, -0.2) is 30.6 Å². The molecule has 5 nitrogen and oxygen atoms in total. The van der Waals surface area contributed by atoms with Crippen LogP contribution in [-0.2, 0) is 11.2 Å². The van der Waals surface area contributed by atoms with Crippen LogP contribution >= 0.6 is 11.6 Å². The first-order chi connectivity index (χ1) is 15.2. The van der Waals surface area contributed by atoms with Crippen molar-refractivity contribution in [3.63, 3.8) is 0 Å². The Kier molecular flexibility index (Phi) is 7.77. The molecular formula is C25H28ClFO5. The van der Waals surface area contributed by atoms with E-state index in [1.165, 1.54) is 19.2 Å². The average Bonchev–Trinajstić information content (AvgIpc) is 2.77. The predicted molar refractivity (Wildman–Crippen MR) is 120 cm³/mol. The van der Waals surface area contributed by atoms with Gasteiger partial charge in [0.1, 0.15) is 5.82 Å². The van der Waals surface area contributed by atoms with Crippen LogP contribution in [0.5, 0.6) is 11.5 Å². The van der Waals surface area contributed by atoms with E-state index in [1.54, 1.807) is 24.3 Å². The van der Waals surface area contributed by atoms with E-state index in [9.17, 15) is 19.1 Å². The molecular weight excluding hydrogens is 435 g/mol. The van der Waals surface area contributed by atoms with E-state index >= 15 is 0 Å². The van der Waals surface area contributed by atoms with Gasteiger partial charge in [-0.15, -0.1) is 0 Å². The number of carboxylic acid groups (broad SMARTS) is 1. The van der Waals surface area contributed by atoms with Gasteiger partial charge >= 0.3 is 5.97 Å². The third-order valence-electron chi connectivity index (χ3n) is 6.31. The van der Waals surface area contributed by atoms with Gasteiger partial charge in [-0.3, -0.25) is 9.59 Å². The van der Waals surface area contributed by atoms with Gasteiger partial charge < -0.3 is 14.6 Å². The second-order valence-electron chi connectivity index (χ2n) is 8.57. The predicted octanol–water partition coefficient (Wildman–Crippen LogP) is 5.96. The molecule has 1 aliphatic carbocycles. The van der Waals surface area contributed by atoms with Gasteiger partial charge in [-0.05, 0) is 73.6 Å². The van der Waals surface area contributed by atoms with Gasteiger partial charge in [0, 0.05) is 23.4 Å². The number of methoxy groups -OCH3 is 1. The van der Waals surface area contributed by atoms with Gasteiger partial charge in [0.05, 0.1) is 19.1 Å². The minimum absolute atomic E-state index is 0.0471. The van der Waals surface area contributed by atoms with Crippen molar-refractivity contribution in [2.24, 2.45) is 11.3 Å². The van der Waals surface area contributed by atoms with Crippen LogP contribution in [0.15, 0.2) is 36.4 Å². The fourth-order valence-corrected chi connectivity index (χ4v) is 4.35. The van der Waals surface area contributed by atoms with E-state index in [2.05, 4.69) is 6.92 Å². The maximum atomic E-state index is 13.9. The first kappa shape index (κ1) is 24.1. The molecule has 2 aromatic rings. The second kappa shape index (κ2) is 10.3. The zero-order valence-corrected chi connectivity index (χ0v) is 19.1. The van der Waals surface area contributed by atoms with Crippen molar-refractivity contribution in [1.29, 1.82) is 0 Å². The number of ketones is 1. The van der Waals surface area contributed by atoms with E-state index in [-0.39, 0.29) is 31.0 Å². The van der Waals surface area contributed by atoms with E-state index in [4.69, 9.17) is 21.1 Å². The summed E-state index contributed by atoms with van der Waals surface area (Å²) in [5.41, 5.74) is -0.220. The highest BCUT2D eigenvalue weighted by Crippen LogP contribution is 2.43. The first-order valence-corrected chi connectivity index (χ1v) is 11.1. The highest BCUT2D eigenvalue weighted by atomic mass is 35.5. The monoisotopic (exact) mass is 462 g/mol. The molecule has 0 spiro atoms. The van der Waals surface area contributed by atoms with Crippen LogP contribution in [0.1, 0.15) is 54.9 Å². The molecule has 172 valence electrons. The van der Waals surface area contributed by atoms with Crippen molar-refractivity contribution >= 4 is 23.4 Å². The number of carbonyl (C=O) groups excluding carboxylic acids is 1. The number of aliphatic carboxylic acids is 1. The maximum Gasteiger partial charge on any atom is 0.310 e. The summed E-state index contributed by atoms with van der Waals surface area (Å²) in [7, 11) is 1.49. The Morgan fingerprint density at radius 3 is 2.53 bits per heavy atom. The van der Waals surface area contributed by atoms with Crippen molar-refractivity contribution in [2.75, 3.05) is 13.7 Å². The van der Waals surface area contributed by atoms with Crippen molar-refractivity contribution < 1.29 is 28.6 Å². The third kappa shape index (κ3) is 5.60. The Hall–Kier alpha value is -2.60. The minimum atomic E-state index is -1.02. The van der Waals surface area contributed by atoms with Crippen molar-refractivity contribution in [2.45, 2.75) is 45.4 Å². The van der Waals surface area contributed by atoms with E-state index in [0.29, 0.717) is 46.4 Å². The van der Waals surface area contributed by atoms with E-state index < -0.39 is 11.4 Å². The Labute approximate surface area is 192 Å². The number of carbonyl (C=O) groups is 2. The fraction of sp³-hybridized carbons (Fsp3) is 0.440. The lowest BCUT2D eigenvalue weighted by Gasteiger charge is -2.35. The van der Waals surface area contributed by atoms with E-state index in [1.807, 2.05) is 0 Å². The minimum Gasteiger partial charge on any atom is -0.493 e. The molecule has 3 rings (SSSR count). The van der Waals surface area contributed by atoms with Crippen LogP contribution < -0.4 is 9.47 Å². The van der Waals surface area contributed by atoms with E-state index in [0.717, 1.165) is 12.8 Å². The molecule has 1 saturated carbocycles. The van der Waals surface area contributed by atoms with Crippen molar-refractivity contribution in [1.82, 2.24) is 0 Å². The first-order valence-electron chi connectivity index (χ1n) is 10.8. The maximum absolute atomic E-state index is 13.9. The number of halogens is 2. The molecule has 1 N–H and O–H groups in total. The third-order valence-corrected chi connectivity index (χ3v) is 6.54. The van der Waals surface area contributed by atoms with Gasteiger partial charge in [-0.2, -0.15) is 0 Å². The number of rotatable bonds is 9. The molecule has 2 aromatic carbocycles. The normalized spacial score (nSPS) is 20.6. The van der Waals surface area contributed by atoms with Crippen LogP contribution in [0.3, 0.4) is 0 Å². The smallest absolute Gasteiger partial charge is 0.310 e. The summed E-state index contributed by atoms with van der Waals surface area (Å²) >= 11 is 5.93. The Balaban J connectivity index is 1.72. The highest BCUT2D eigenvalue weighted by Gasteiger charge is 2.43. The summed E-state index contributed by atoms with van der Waals surface area (Å²) in [6, 6.07) is 9.15. The molecule has 0 bridgehead atoms. The molecule has 1 aliphatic rings. The summed E-state index contributed by atoms with van der Waals surface area (Å²) in [6.45, 7) is 2.26. The van der Waals surface area contributed by atoms with Crippen LogP contribution in [0.2, 0.25) is 5.02 Å². The number of hydrogen-bond acceptors (Lipinski definition) is 4. The molecule has 7 heteroatoms. The molecule has 0 atom stereocenters. The standard InChI is InChI=1S/C25H28ClFO5/c1-16-7-10-25(11-8-16,24(29)30)15-21(28)18-3-6-22(31-2)23(14-18)32-12-9-17-13-19(26)4-5-20(17)27/h3-6,13-14,16H,7-12,15H2,1-2H3,(H,29,30). The summed E-state index contributed by atoms with van der Waals surface area (Å²) in [5.74, 6) is -0.255. The summed E-state index contributed by atoms with van der Waals surface area (Å²) < 4.78 is 25.0. The highest BCUT2D eigenvalue weighted by molar-refractivity contribution is 6.30. The molecule has 0 saturated heterocycles. The molecule has 0 unspecified atom stereocenters. The van der Waals surface area contributed by atoms with Crippen molar-refractivity contribution in [3.8, 4) is 11.5 Å². The number of hydrogen-bond donors (Lipinski definition) is 1. The lowest BCUT2D eigenvalue weighted by atomic mass is 9.68. The summed E-state index contributed by atoms with van der Waals surface area (Å²) in [4.78, 5) is 25.0. The number of ether oxygens (including phenoxy) is 2. The Morgan fingerprint density at radius 1 is 1.16 bits per heavy atom. The number of benzene rings is 2. The van der Waals surface area contributed by atoms with Gasteiger partial charge in [0.15, 0.2) is 17.3 Å². The molecule has 0 radical (unpaired) electrons. The van der Waals surface area contributed by atoms with Gasteiger partial charge in [-0.25, -0.2) is 4.39 Å². The quantitative estimate of drug-likeness (QED) is 0.465. The fourth-order valence-electron chi connectivity index (χ4n) is 4.16. The van der Waals surface area contributed by atoms with Gasteiger partial charge in [-0.1, -0.05) is 18.5 Å². The summed E-state index contributed by atoms with van der Waals surface area (Å²) in [6.07, 6.45) is 2.84. The zero-order valence-electron chi connectivity index (χ0n) is 18.3. The van der Waals surface area contributed by atoms with Crippen molar-refractivity contribution in [3.05, 3.63) is 58.4 Å².